The van der Waals surface area contributed by atoms with E-state index in [9.17, 15) is 5.26 Å². The summed E-state index contributed by atoms with van der Waals surface area (Å²) in [4.78, 5) is 0. The van der Waals surface area contributed by atoms with Gasteiger partial charge in [0.2, 0.25) is 0 Å². The van der Waals surface area contributed by atoms with E-state index >= 15 is 0 Å². The van der Waals surface area contributed by atoms with Crippen LogP contribution in [0.5, 0.6) is 0 Å². The fraction of sp³-hybridized carbons (Fsp3) is 0.296. The first-order chi connectivity index (χ1) is 15.8. The van der Waals surface area contributed by atoms with Crippen LogP contribution in [0, 0.1) is 11.3 Å². The van der Waals surface area contributed by atoms with Gasteiger partial charge in [-0.05, 0) is 16.7 Å². The summed E-state index contributed by atoms with van der Waals surface area (Å²) < 4.78 is 24.4. The molecule has 0 unspecified atom stereocenters. The Kier molecular flexibility index (Phi) is 8.02. The first kappa shape index (κ1) is 22.2. The Labute approximate surface area is 189 Å². The molecule has 0 N–H and O–H groups in total. The molecular weight excluding hydrogens is 402 g/mol. The molecule has 5 nitrogen and oxygen atoms in total. The smallest absolute Gasteiger partial charge is 0.173 e. The number of nitriles is 1. The van der Waals surface area contributed by atoms with Crippen LogP contribution in [0.25, 0.3) is 0 Å². The summed E-state index contributed by atoms with van der Waals surface area (Å²) in [5.74, 6) is 0. The number of ether oxygens (including phenoxy) is 4. The minimum atomic E-state index is -0.718. The van der Waals surface area contributed by atoms with Gasteiger partial charge in [0.15, 0.2) is 6.10 Å². The van der Waals surface area contributed by atoms with Gasteiger partial charge in [0, 0.05) is 0 Å². The van der Waals surface area contributed by atoms with Crippen molar-refractivity contribution in [1.29, 1.82) is 5.26 Å². The molecule has 3 aromatic rings. The molecule has 3 aromatic carbocycles. The van der Waals surface area contributed by atoms with Gasteiger partial charge in [-0.1, -0.05) is 91.0 Å². The van der Waals surface area contributed by atoms with E-state index in [1.54, 1.807) is 0 Å². The van der Waals surface area contributed by atoms with Gasteiger partial charge >= 0.3 is 0 Å². The van der Waals surface area contributed by atoms with Crippen molar-refractivity contribution in [1.82, 2.24) is 0 Å². The van der Waals surface area contributed by atoms with Crippen molar-refractivity contribution in [3.63, 3.8) is 0 Å². The van der Waals surface area contributed by atoms with Crippen LogP contribution in [0.4, 0.5) is 0 Å². The molecule has 0 radical (unpaired) electrons. The Morgan fingerprint density at radius 2 is 1.12 bits per heavy atom. The average Bonchev–Trinajstić information content (AvgIpc) is 3.19. The van der Waals surface area contributed by atoms with Gasteiger partial charge in [0.05, 0.1) is 32.5 Å². The maximum Gasteiger partial charge on any atom is 0.173 e. The average molecular weight is 430 g/mol. The van der Waals surface area contributed by atoms with Crippen LogP contribution in [0.1, 0.15) is 16.7 Å². The highest BCUT2D eigenvalue weighted by Gasteiger charge is 2.46. The molecule has 0 amide bonds. The van der Waals surface area contributed by atoms with Gasteiger partial charge in [-0.15, -0.1) is 0 Å². The van der Waals surface area contributed by atoms with E-state index in [1.165, 1.54) is 0 Å². The van der Waals surface area contributed by atoms with Crippen molar-refractivity contribution in [3.8, 4) is 6.07 Å². The molecule has 0 bridgehead atoms. The van der Waals surface area contributed by atoms with Gasteiger partial charge in [0.25, 0.3) is 0 Å². The maximum absolute atomic E-state index is 9.71. The van der Waals surface area contributed by atoms with Crippen molar-refractivity contribution in [2.75, 3.05) is 6.61 Å². The minimum absolute atomic E-state index is 0.317. The zero-order chi connectivity index (χ0) is 22.0. The van der Waals surface area contributed by atoms with Crippen LogP contribution < -0.4 is 0 Å². The molecule has 5 heteroatoms. The number of benzene rings is 3. The van der Waals surface area contributed by atoms with Crippen molar-refractivity contribution in [2.45, 2.75) is 44.2 Å². The number of hydrogen-bond acceptors (Lipinski definition) is 5. The van der Waals surface area contributed by atoms with Crippen LogP contribution in [-0.2, 0) is 38.8 Å². The summed E-state index contributed by atoms with van der Waals surface area (Å²) in [6, 6.07) is 32.1. The van der Waals surface area contributed by atoms with E-state index in [1.807, 2.05) is 91.0 Å². The van der Waals surface area contributed by atoms with Crippen LogP contribution in [0.3, 0.4) is 0 Å². The van der Waals surface area contributed by atoms with E-state index in [4.69, 9.17) is 18.9 Å². The van der Waals surface area contributed by atoms with Crippen LogP contribution in [0.2, 0.25) is 0 Å². The lowest BCUT2D eigenvalue weighted by Gasteiger charge is -2.24. The molecule has 32 heavy (non-hydrogen) atoms. The quantitative estimate of drug-likeness (QED) is 0.469. The second kappa shape index (κ2) is 11.6. The Bertz CT molecular complexity index is 975. The summed E-state index contributed by atoms with van der Waals surface area (Å²) in [5.41, 5.74) is 3.18. The molecule has 1 aliphatic heterocycles. The monoisotopic (exact) mass is 429 g/mol. The predicted octanol–water partition coefficient (Wildman–Crippen LogP) is 4.66. The largest absolute Gasteiger partial charge is 0.374 e. The number of rotatable bonds is 10. The fourth-order valence-corrected chi connectivity index (χ4v) is 3.75. The Balaban J connectivity index is 1.43. The summed E-state index contributed by atoms with van der Waals surface area (Å²) in [5, 5.41) is 9.71. The van der Waals surface area contributed by atoms with Crippen molar-refractivity contribution in [2.24, 2.45) is 0 Å². The third-order valence-corrected chi connectivity index (χ3v) is 5.40. The zero-order valence-electron chi connectivity index (χ0n) is 17.9. The molecule has 1 aliphatic rings. The third-order valence-electron chi connectivity index (χ3n) is 5.40. The predicted molar refractivity (Wildman–Crippen MR) is 120 cm³/mol. The first-order valence-corrected chi connectivity index (χ1v) is 10.8. The lowest BCUT2D eigenvalue weighted by molar-refractivity contribution is -0.0896. The van der Waals surface area contributed by atoms with Gasteiger partial charge in [-0.3, -0.25) is 0 Å². The Morgan fingerprint density at radius 3 is 1.62 bits per heavy atom. The number of nitrogens with zero attached hydrogens (tertiary/aromatic N) is 1. The van der Waals surface area contributed by atoms with Gasteiger partial charge < -0.3 is 18.9 Å². The summed E-state index contributed by atoms with van der Waals surface area (Å²) in [6.07, 6.45) is -2.04. The van der Waals surface area contributed by atoms with Crippen molar-refractivity contribution >= 4 is 0 Å². The molecule has 1 fully saturated rings. The summed E-state index contributed by atoms with van der Waals surface area (Å²) in [6.45, 7) is 1.58. The van der Waals surface area contributed by atoms with Crippen LogP contribution in [0.15, 0.2) is 91.0 Å². The van der Waals surface area contributed by atoms with E-state index in [0.29, 0.717) is 26.4 Å². The molecule has 4 atom stereocenters. The fourth-order valence-electron chi connectivity index (χ4n) is 3.75. The first-order valence-electron chi connectivity index (χ1n) is 10.8. The topological polar surface area (TPSA) is 60.7 Å². The molecule has 0 saturated carbocycles. The van der Waals surface area contributed by atoms with Crippen LogP contribution >= 0.6 is 0 Å². The summed E-state index contributed by atoms with van der Waals surface area (Å²) >= 11 is 0. The highest BCUT2D eigenvalue weighted by molar-refractivity contribution is 5.16. The number of hydrogen-bond donors (Lipinski definition) is 0. The third kappa shape index (κ3) is 6.03. The standard InChI is InChI=1S/C27H27NO4/c28-16-24-26(30-18-22-12-6-2-7-13-22)27(31-19-23-14-8-3-9-15-23)25(32-24)20-29-17-21-10-4-1-5-11-21/h1-15,24-27H,17-20H2/t24-,25-,26+,27+/m0/s1. The van der Waals surface area contributed by atoms with E-state index < -0.39 is 24.4 Å². The van der Waals surface area contributed by atoms with Gasteiger partial charge in [0.1, 0.15) is 18.3 Å². The van der Waals surface area contributed by atoms with Gasteiger partial charge in [-0.25, -0.2) is 0 Å². The van der Waals surface area contributed by atoms with E-state index in [-0.39, 0.29) is 0 Å². The Morgan fingerprint density at radius 1 is 0.656 bits per heavy atom. The highest BCUT2D eigenvalue weighted by Crippen LogP contribution is 2.29. The molecule has 1 heterocycles. The molecular formula is C27H27NO4. The highest BCUT2D eigenvalue weighted by atomic mass is 16.6. The van der Waals surface area contributed by atoms with Crippen molar-refractivity contribution in [3.05, 3.63) is 108 Å². The molecule has 0 aliphatic carbocycles. The molecule has 0 spiro atoms. The molecule has 1 saturated heterocycles. The zero-order valence-corrected chi connectivity index (χ0v) is 17.9. The molecule has 0 aromatic heterocycles. The lowest BCUT2D eigenvalue weighted by atomic mass is 10.1. The minimum Gasteiger partial charge on any atom is -0.374 e. The second-order valence-corrected chi connectivity index (χ2v) is 7.75. The van der Waals surface area contributed by atoms with Crippen LogP contribution in [-0.4, -0.2) is 31.0 Å². The second-order valence-electron chi connectivity index (χ2n) is 7.75. The van der Waals surface area contributed by atoms with E-state index in [0.717, 1.165) is 16.7 Å². The maximum atomic E-state index is 9.71. The normalized spacial score (nSPS) is 22.5. The summed E-state index contributed by atoms with van der Waals surface area (Å²) in [7, 11) is 0. The molecule has 4 rings (SSSR count). The van der Waals surface area contributed by atoms with Gasteiger partial charge in [-0.2, -0.15) is 5.26 Å². The molecule has 164 valence electrons. The van der Waals surface area contributed by atoms with E-state index in [2.05, 4.69) is 6.07 Å². The lowest BCUT2D eigenvalue weighted by Crippen LogP contribution is -2.38. The SMILES string of the molecule is N#C[C@@H]1O[C@@H](COCc2ccccc2)[C@@H](OCc2ccccc2)[C@@H]1OCc1ccccc1. The Hall–Kier alpha value is -3.01. The van der Waals surface area contributed by atoms with Crippen molar-refractivity contribution < 1.29 is 18.9 Å².